The molecule has 25 heavy (non-hydrogen) atoms. The van der Waals surface area contributed by atoms with E-state index in [0.717, 1.165) is 23.4 Å². The van der Waals surface area contributed by atoms with Crippen LogP contribution >= 0.6 is 0 Å². The molecule has 0 fully saturated rings. The van der Waals surface area contributed by atoms with E-state index >= 15 is 0 Å². The molecule has 1 aromatic carbocycles. The summed E-state index contributed by atoms with van der Waals surface area (Å²) in [5.74, 6) is 1.26. The topological polar surface area (TPSA) is 71.0 Å². The van der Waals surface area contributed by atoms with E-state index in [9.17, 15) is 9.59 Å². The molecule has 6 nitrogen and oxygen atoms in total. The number of amides is 2. The molecular formula is C19H27N3O3. The molecule has 6 heteroatoms. The van der Waals surface area contributed by atoms with Gasteiger partial charge in [-0.15, -0.1) is 0 Å². The fourth-order valence-corrected chi connectivity index (χ4v) is 2.56. The number of ether oxygens (including phenoxy) is 1. The second-order valence-corrected chi connectivity index (χ2v) is 6.57. The van der Waals surface area contributed by atoms with E-state index in [-0.39, 0.29) is 18.2 Å². The van der Waals surface area contributed by atoms with Crippen LogP contribution in [0, 0.1) is 5.92 Å². The van der Waals surface area contributed by atoms with Crippen molar-refractivity contribution >= 4 is 17.5 Å². The van der Waals surface area contributed by atoms with Crippen molar-refractivity contribution in [1.82, 2.24) is 10.3 Å². The third-order valence-electron chi connectivity index (χ3n) is 4.12. The second kappa shape index (κ2) is 9.20. The van der Waals surface area contributed by atoms with Gasteiger partial charge < -0.3 is 10.1 Å². The summed E-state index contributed by atoms with van der Waals surface area (Å²) >= 11 is 0. The van der Waals surface area contributed by atoms with Crippen molar-refractivity contribution in [2.45, 2.75) is 39.5 Å². The van der Waals surface area contributed by atoms with Crippen LogP contribution in [0.5, 0.6) is 5.75 Å². The number of nitrogens with zero attached hydrogens (tertiary/aromatic N) is 2. The van der Waals surface area contributed by atoms with Crippen LogP contribution in [0.15, 0.2) is 29.4 Å². The smallest absolute Gasteiger partial charge is 0.243 e. The van der Waals surface area contributed by atoms with Crippen LogP contribution < -0.4 is 10.1 Å². The Balaban J connectivity index is 1.92. The third-order valence-corrected chi connectivity index (χ3v) is 4.12. The molecule has 0 unspecified atom stereocenters. The number of nitrogens with one attached hydrogen (secondary N) is 1. The minimum atomic E-state index is -0.0415. The molecule has 1 heterocycles. The van der Waals surface area contributed by atoms with Gasteiger partial charge in [-0.3, -0.25) is 9.59 Å². The lowest BCUT2D eigenvalue weighted by atomic mass is 10.0. The number of hydrogen-bond acceptors (Lipinski definition) is 4. The van der Waals surface area contributed by atoms with Crippen molar-refractivity contribution in [2.24, 2.45) is 11.0 Å². The molecule has 2 rings (SSSR count). The Labute approximate surface area is 149 Å². The van der Waals surface area contributed by atoms with E-state index < -0.39 is 0 Å². The number of hydrazone groups is 1. The highest BCUT2D eigenvalue weighted by molar-refractivity contribution is 6.04. The average molecular weight is 345 g/mol. The van der Waals surface area contributed by atoms with Crippen molar-refractivity contribution < 1.29 is 14.3 Å². The maximum Gasteiger partial charge on any atom is 0.243 e. The second-order valence-electron chi connectivity index (χ2n) is 6.57. The predicted octanol–water partition coefficient (Wildman–Crippen LogP) is 2.57. The van der Waals surface area contributed by atoms with E-state index in [1.54, 1.807) is 7.11 Å². The van der Waals surface area contributed by atoms with Crippen LogP contribution in [0.4, 0.5) is 0 Å². The van der Waals surface area contributed by atoms with Gasteiger partial charge in [0, 0.05) is 25.8 Å². The van der Waals surface area contributed by atoms with Crippen molar-refractivity contribution in [3.63, 3.8) is 0 Å². The first-order valence-electron chi connectivity index (χ1n) is 8.78. The lowest BCUT2D eigenvalue weighted by Crippen LogP contribution is -2.35. The number of carbonyl (C=O) groups is 2. The van der Waals surface area contributed by atoms with Gasteiger partial charge in [-0.25, -0.2) is 5.01 Å². The Morgan fingerprint density at radius 1 is 1.28 bits per heavy atom. The van der Waals surface area contributed by atoms with Gasteiger partial charge in [-0.2, -0.15) is 5.10 Å². The minimum Gasteiger partial charge on any atom is -0.497 e. The molecule has 1 aliphatic heterocycles. The molecule has 1 N–H and O–H groups in total. The monoisotopic (exact) mass is 345 g/mol. The number of hydrogen-bond donors (Lipinski definition) is 1. The zero-order valence-corrected chi connectivity index (χ0v) is 15.2. The number of carbonyl (C=O) groups excluding carboxylic acids is 2. The molecule has 0 spiro atoms. The number of benzene rings is 1. The van der Waals surface area contributed by atoms with Crippen molar-refractivity contribution in [2.75, 3.05) is 20.2 Å². The molecule has 0 saturated carbocycles. The fourth-order valence-electron chi connectivity index (χ4n) is 2.56. The highest BCUT2D eigenvalue weighted by Gasteiger charge is 2.21. The summed E-state index contributed by atoms with van der Waals surface area (Å²) in [6.07, 6.45) is 2.25. The lowest BCUT2D eigenvalue weighted by Gasteiger charge is -2.23. The van der Waals surface area contributed by atoms with E-state index in [2.05, 4.69) is 24.3 Å². The Morgan fingerprint density at radius 3 is 2.64 bits per heavy atom. The first kappa shape index (κ1) is 19.0. The van der Waals surface area contributed by atoms with Gasteiger partial charge in [0.25, 0.3) is 0 Å². The van der Waals surface area contributed by atoms with Crippen LogP contribution in [0.2, 0.25) is 0 Å². The summed E-state index contributed by atoms with van der Waals surface area (Å²) in [5.41, 5.74) is 1.84. The summed E-state index contributed by atoms with van der Waals surface area (Å²) in [7, 11) is 1.62. The molecule has 0 bridgehead atoms. The Hall–Kier alpha value is -2.37. The van der Waals surface area contributed by atoms with Crippen molar-refractivity contribution in [3.8, 4) is 5.75 Å². The summed E-state index contributed by atoms with van der Waals surface area (Å²) in [4.78, 5) is 23.9. The van der Waals surface area contributed by atoms with E-state index in [0.29, 0.717) is 31.8 Å². The SMILES string of the molecule is COc1ccc(C2=NN(CCC(=O)NCCC(C)C)C(=O)CC2)cc1. The van der Waals surface area contributed by atoms with Crippen LogP contribution in [0.25, 0.3) is 0 Å². The first-order chi connectivity index (χ1) is 12.0. The molecule has 136 valence electrons. The zero-order chi connectivity index (χ0) is 18.2. The van der Waals surface area contributed by atoms with Crippen LogP contribution in [-0.4, -0.2) is 42.7 Å². The highest BCUT2D eigenvalue weighted by Crippen LogP contribution is 2.18. The molecule has 0 saturated heterocycles. The van der Waals surface area contributed by atoms with Crippen molar-refractivity contribution in [3.05, 3.63) is 29.8 Å². The predicted molar refractivity (Wildman–Crippen MR) is 97.6 cm³/mol. The molecule has 0 radical (unpaired) electrons. The maximum absolute atomic E-state index is 12.1. The minimum absolute atomic E-state index is 0.0350. The summed E-state index contributed by atoms with van der Waals surface area (Å²) in [6.45, 7) is 5.22. The van der Waals surface area contributed by atoms with Gasteiger partial charge in [-0.05, 0) is 42.2 Å². The average Bonchev–Trinajstić information content (AvgIpc) is 2.61. The number of rotatable bonds is 8. The van der Waals surface area contributed by atoms with Gasteiger partial charge in [0.05, 0.1) is 19.4 Å². The quantitative estimate of drug-likeness (QED) is 0.787. The summed E-state index contributed by atoms with van der Waals surface area (Å²) in [6, 6.07) is 7.62. The van der Waals surface area contributed by atoms with E-state index in [1.165, 1.54) is 5.01 Å². The molecular weight excluding hydrogens is 318 g/mol. The normalized spacial score (nSPS) is 14.5. The molecule has 0 aromatic heterocycles. The van der Waals surface area contributed by atoms with Gasteiger partial charge in [-0.1, -0.05) is 13.8 Å². The maximum atomic E-state index is 12.1. The van der Waals surface area contributed by atoms with Gasteiger partial charge in [0.2, 0.25) is 11.8 Å². The molecule has 1 aromatic rings. The summed E-state index contributed by atoms with van der Waals surface area (Å²) in [5, 5.41) is 8.76. The first-order valence-corrected chi connectivity index (χ1v) is 8.78. The van der Waals surface area contributed by atoms with Gasteiger partial charge in [0.1, 0.15) is 5.75 Å². The van der Waals surface area contributed by atoms with E-state index in [1.807, 2.05) is 24.3 Å². The van der Waals surface area contributed by atoms with Crippen LogP contribution in [-0.2, 0) is 9.59 Å². The third kappa shape index (κ3) is 5.89. The Bertz CT molecular complexity index is 623. The fraction of sp³-hybridized carbons (Fsp3) is 0.526. The molecule has 1 aliphatic rings. The van der Waals surface area contributed by atoms with Gasteiger partial charge >= 0.3 is 0 Å². The van der Waals surface area contributed by atoms with Crippen LogP contribution in [0.3, 0.4) is 0 Å². The van der Waals surface area contributed by atoms with E-state index in [4.69, 9.17) is 4.74 Å². The summed E-state index contributed by atoms with van der Waals surface area (Å²) < 4.78 is 5.16. The highest BCUT2D eigenvalue weighted by atomic mass is 16.5. The van der Waals surface area contributed by atoms with Crippen molar-refractivity contribution in [1.29, 1.82) is 0 Å². The molecule has 0 aliphatic carbocycles. The number of methoxy groups -OCH3 is 1. The Morgan fingerprint density at radius 2 is 2.00 bits per heavy atom. The van der Waals surface area contributed by atoms with Gasteiger partial charge in [0.15, 0.2) is 0 Å². The van der Waals surface area contributed by atoms with Crippen LogP contribution in [0.1, 0.15) is 45.1 Å². The molecule has 2 amide bonds. The zero-order valence-electron chi connectivity index (χ0n) is 15.2. The lowest BCUT2D eigenvalue weighted by molar-refractivity contribution is -0.132. The standard InChI is InChI=1S/C19H27N3O3/c1-14(2)10-12-20-18(23)11-13-22-19(24)9-8-17(21-22)15-4-6-16(25-3)7-5-15/h4-7,14H,8-13H2,1-3H3,(H,20,23). The molecule has 0 atom stereocenters. The largest absolute Gasteiger partial charge is 0.497 e. The Kier molecular flexibility index (Phi) is 6.98.